The highest BCUT2D eigenvalue weighted by Crippen LogP contribution is 2.50. The van der Waals surface area contributed by atoms with Crippen molar-refractivity contribution in [2.24, 2.45) is 5.92 Å². The maximum atomic E-state index is 13.1. The first-order chi connectivity index (χ1) is 7.99. The Morgan fingerprint density at radius 1 is 0.944 bits per heavy atom. The van der Waals surface area contributed by atoms with Gasteiger partial charge in [-0.2, -0.15) is 30.7 Å². The van der Waals surface area contributed by atoms with Crippen molar-refractivity contribution in [2.75, 3.05) is 0 Å². The molecule has 0 saturated heterocycles. The van der Waals surface area contributed by atoms with Crippen molar-refractivity contribution < 1.29 is 30.7 Å². The van der Waals surface area contributed by atoms with E-state index in [-0.39, 0.29) is 5.92 Å². The molecule has 0 nitrogen and oxygen atoms in total. The maximum absolute atomic E-state index is 13.1. The number of alkyl halides is 8. The molecule has 0 spiro atoms. The monoisotopic (exact) mass is 392 g/mol. The second kappa shape index (κ2) is 5.32. The predicted molar refractivity (Wildman–Crippen MR) is 60.3 cm³/mol. The van der Waals surface area contributed by atoms with Gasteiger partial charge in [0.15, 0.2) is 0 Å². The number of rotatable bonds is 4. The molecular weight excluding hydrogens is 380 g/mol. The average Bonchev–Trinajstić information content (AvgIpc) is 2.67. The van der Waals surface area contributed by atoms with Crippen molar-refractivity contribution in [3.05, 3.63) is 0 Å². The Hall–Kier alpha value is 0.240. The second-order valence-electron chi connectivity index (χ2n) is 4.54. The van der Waals surface area contributed by atoms with E-state index in [2.05, 4.69) is 0 Å². The molecule has 1 unspecified atom stereocenters. The topological polar surface area (TPSA) is 0 Å². The van der Waals surface area contributed by atoms with Crippen LogP contribution in [0.4, 0.5) is 30.7 Å². The fourth-order valence-electron chi connectivity index (χ4n) is 2.07. The van der Waals surface area contributed by atoms with E-state index in [0.29, 0.717) is 12.8 Å². The zero-order valence-electron chi connectivity index (χ0n) is 9.21. The van der Waals surface area contributed by atoms with Gasteiger partial charge in [0, 0.05) is 10.3 Å². The quantitative estimate of drug-likeness (QED) is 0.351. The number of halogens is 8. The molecular formula is C10H12F7I. The van der Waals surface area contributed by atoms with Crippen LogP contribution in [0.15, 0.2) is 0 Å². The fraction of sp³-hybridized carbons (Fsp3) is 1.00. The van der Waals surface area contributed by atoms with E-state index in [9.17, 15) is 30.7 Å². The standard InChI is InChI=1S/C10H12F7I/c11-8(12,9(13,14)10(15,16)17)5-7(18)6-3-1-2-4-6/h6-7H,1-5H2. The summed E-state index contributed by atoms with van der Waals surface area (Å²) in [5, 5.41) is 0. The molecule has 0 bridgehead atoms. The predicted octanol–water partition coefficient (Wildman–Crippen LogP) is 5.20. The first kappa shape index (κ1) is 16.3. The molecule has 0 aromatic carbocycles. The van der Waals surface area contributed by atoms with Gasteiger partial charge in [0.25, 0.3) is 0 Å². The van der Waals surface area contributed by atoms with E-state index in [1.807, 2.05) is 0 Å². The zero-order valence-corrected chi connectivity index (χ0v) is 11.4. The lowest BCUT2D eigenvalue weighted by molar-refractivity contribution is -0.355. The van der Waals surface area contributed by atoms with Gasteiger partial charge in [-0.15, -0.1) is 0 Å². The zero-order chi connectivity index (χ0) is 14.2. The summed E-state index contributed by atoms with van der Waals surface area (Å²) in [5.74, 6) is -11.2. The van der Waals surface area contributed by atoms with Gasteiger partial charge in [0.05, 0.1) is 0 Å². The van der Waals surface area contributed by atoms with Crippen molar-refractivity contribution in [3.8, 4) is 0 Å². The summed E-state index contributed by atoms with van der Waals surface area (Å²) in [4.78, 5) is 0. The molecule has 0 aromatic heterocycles. The highest BCUT2D eigenvalue weighted by atomic mass is 127. The molecule has 0 heterocycles. The van der Waals surface area contributed by atoms with Crippen LogP contribution < -0.4 is 0 Å². The van der Waals surface area contributed by atoms with Crippen molar-refractivity contribution in [2.45, 2.75) is 54.1 Å². The lowest BCUT2D eigenvalue weighted by Gasteiger charge is -2.31. The third kappa shape index (κ3) is 3.22. The van der Waals surface area contributed by atoms with Crippen LogP contribution in [-0.4, -0.2) is 21.9 Å². The molecule has 0 aliphatic heterocycles. The van der Waals surface area contributed by atoms with Gasteiger partial charge in [-0.25, -0.2) is 0 Å². The smallest absolute Gasteiger partial charge is 0.199 e. The minimum absolute atomic E-state index is 0.194. The lowest BCUT2D eigenvalue weighted by Crippen LogP contribution is -2.53. The molecule has 8 heteroatoms. The molecule has 1 aliphatic carbocycles. The molecule has 1 atom stereocenters. The van der Waals surface area contributed by atoms with E-state index < -0.39 is 28.4 Å². The highest BCUT2D eigenvalue weighted by molar-refractivity contribution is 14.1. The summed E-state index contributed by atoms with van der Waals surface area (Å²) in [6, 6.07) is 0. The Morgan fingerprint density at radius 3 is 1.78 bits per heavy atom. The van der Waals surface area contributed by atoms with E-state index in [1.165, 1.54) is 0 Å². The summed E-state index contributed by atoms with van der Waals surface area (Å²) >= 11 is 1.56. The van der Waals surface area contributed by atoms with Crippen LogP contribution in [-0.2, 0) is 0 Å². The van der Waals surface area contributed by atoms with Crippen LogP contribution in [0, 0.1) is 5.92 Å². The molecule has 1 aliphatic rings. The molecule has 1 rings (SSSR count). The van der Waals surface area contributed by atoms with Gasteiger partial charge in [0.2, 0.25) is 0 Å². The van der Waals surface area contributed by atoms with Gasteiger partial charge < -0.3 is 0 Å². The Labute approximate surface area is 113 Å². The van der Waals surface area contributed by atoms with Crippen LogP contribution in [0.3, 0.4) is 0 Å². The van der Waals surface area contributed by atoms with Gasteiger partial charge >= 0.3 is 18.0 Å². The Bertz CT molecular complexity index is 280. The molecule has 0 amide bonds. The summed E-state index contributed by atoms with van der Waals surface area (Å²) in [6.07, 6.45) is -4.81. The second-order valence-corrected chi connectivity index (χ2v) is 6.14. The van der Waals surface area contributed by atoms with Crippen molar-refractivity contribution in [1.29, 1.82) is 0 Å². The number of hydrogen-bond donors (Lipinski definition) is 0. The van der Waals surface area contributed by atoms with Crippen LogP contribution in [0.5, 0.6) is 0 Å². The first-order valence-corrected chi connectivity index (χ1v) is 6.70. The Morgan fingerprint density at radius 2 is 1.39 bits per heavy atom. The average molecular weight is 392 g/mol. The van der Waals surface area contributed by atoms with Gasteiger partial charge in [0.1, 0.15) is 0 Å². The van der Waals surface area contributed by atoms with Gasteiger partial charge in [-0.1, -0.05) is 35.4 Å². The van der Waals surface area contributed by atoms with Crippen molar-refractivity contribution in [3.63, 3.8) is 0 Å². The van der Waals surface area contributed by atoms with Crippen LogP contribution in [0.1, 0.15) is 32.1 Å². The van der Waals surface area contributed by atoms with Crippen LogP contribution >= 0.6 is 22.6 Å². The number of hydrogen-bond acceptors (Lipinski definition) is 0. The van der Waals surface area contributed by atoms with Crippen molar-refractivity contribution >= 4 is 22.6 Å². The maximum Gasteiger partial charge on any atom is 0.459 e. The van der Waals surface area contributed by atoms with Crippen LogP contribution in [0.2, 0.25) is 0 Å². The fourth-order valence-corrected chi connectivity index (χ4v) is 3.34. The van der Waals surface area contributed by atoms with E-state index in [1.54, 1.807) is 22.6 Å². The molecule has 0 aromatic rings. The normalized spacial score (nSPS) is 21.3. The summed E-state index contributed by atoms with van der Waals surface area (Å²) in [5.41, 5.74) is 0. The van der Waals surface area contributed by atoms with Gasteiger partial charge in [-0.05, 0) is 18.8 Å². The Kier molecular flexibility index (Phi) is 4.81. The Balaban J connectivity index is 2.74. The van der Waals surface area contributed by atoms with Crippen molar-refractivity contribution in [1.82, 2.24) is 0 Å². The van der Waals surface area contributed by atoms with E-state index in [4.69, 9.17) is 0 Å². The third-order valence-electron chi connectivity index (χ3n) is 3.18. The minimum Gasteiger partial charge on any atom is -0.199 e. The molecule has 18 heavy (non-hydrogen) atoms. The van der Waals surface area contributed by atoms with Crippen LogP contribution in [0.25, 0.3) is 0 Å². The highest BCUT2D eigenvalue weighted by Gasteiger charge is 2.72. The molecule has 0 N–H and O–H groups in total. The minimum atomic E-state index is -6.22. The molecule has 1 fully saturated rings. The lowest BCUT2D eigenvalue weighted by atomic mass is 9.96. The largest absolute Gasteiger partial charge is 0.459 e. The summed E-state index contributed by atoms with van der Waals surface area (Å²) in [6.45, 7) is 0. The SMILES string of the molecule is FC(F)(F)C(F)(F)C(F)(F)CC(I)C1CCCC1. The van der Waals surface area contributed by atoms with Gasteiger partial charge in [-0.3, -0.25) is 0 Å². The molecule has 1 saturated carbocycles. The summed E-state index contributed by atoms with van der Waals surface area (Å²) in [7, 11) is 0. The molecule has 0 radical (unpaired) electrons. The van der Waals surface area contributed by atoms with E-state index >= 15 is 0 Å². The summed E-state index contributed by atoms with van der Waals surface area (Å²) < 4.78 is 86.5. The first-order valence-electron chi connectivity index (χ1n) is 5.45. The molecule has 108 valence electrons. The third-order valence-corrected chi connectivity index (χ3v) is 4.64. The van der Waals surface area contributed by atoms with E-state index in [0.717, 1.165) is 12.8 Å².